The van der Waals surface area contributed by atoms with Gasteiger partial charge < -0.3 is 19.9 Å². The van der Waals surface area contributed by atoms with Crippen molar-refractivity contribution in [1.29, 1.82) is 0 Å². The van der Waals surface area contributed by atoms with Gasteiger partial charge in [0, 0.05) is 30.3 Å². The van der Waals surface area contributed by atoms with Crippen molar-refractivity contribution < 1.29 is 19.4 Å². The summed E-state index contributed by atoms with van der Waals surface area (Å²) in [4.78, 5) is 26.6. The van der Waals surface area contributed by atoms with Gasteiger partial charge in [-0.25, -0.2) is 4.98 Å². The molecular formula is C27H30N4O4. The van der Waals surface area contributed by atoms with Crippen LogP contribution in [0.3, 0.4) is 0 Å². The zero-order chi connectivity index (χ0) is 24.2. The summed E-state index contributed by atoms with van der Waals surface area (Å²) in [6, 6.07) is 7.55. The number of pyridine rings is 3. The summed E-state index contributed by atoms with van der Waals surface area (Å²) in [6.07, 6.45) is 9.93. The quantitative estimate of drug-likeness (QED) is 0.566. The van der Waals surface area contributed by atoms with Crippen LogP contribution >= 0.6 is 0 Å². The zero-order valence-electron chi connectivity index (χ0n) is 19.9. The van der Waals surface area contributed by atoms with Crippen LogP contribution in [0.4, 0.5) is 0 Å². The first-order chi connectivity index (χ1) is 17.1. The van der Waals surface area contributed by atoms with Crippen molar-refractivity contribution in [3.63, 3.8) is 0 Å². The van der Waals surface area contributed by atoms with Gasteiger partial charge in [0.15, 0.2) is 0 Å². The van der Waals surface area contributed by atoms with Gasteiger partial charge in [-0.2, -0.15) is 0 Å². The fourth-order valence-electron chi connectivity index (χ4n) is 4.79. The lowest BCUT2D eigenvalue weighted by molar-refractivity contribution is -0.0261. The number of methoxy groups -OCH3 is 1. The number of amides is 1. The number of aliphatic hydroxyl groups is 1. The molecule has 8 nitrogen and oxygen atoms in total. The van der Waals surface area contributed by atoms with Gasteiger partial charge in [0.1, 0.15) is 11.4 Å². The molecule has 0 unspecified atom stereocenters. The predicted octanol–water partition coefficient (Wildman–Crippen LogP) is 2.90. The second-order valence-electron chi connectivity index (χ2n) is 9.15. The molecule has 0 bridgehead atoms. The Morgan fingerprint density at radius 3 is 2.89 bits per heavy atom. The Balaban J connectivity index is 1.38. The number of ether oxygens (including phenoxy) is 2. The Kier molecular flexibility index (Phi) is 7.01. The van der Waals surface area contributed by atoms with E-state index in [1.807, 2.05) is 24.4 Å². The maximum absolute atomic E-state index is 13.0. The van der Waals surface area contributed by atoms with Gasteiger partial charge in [-0.15, -0.1) is 0 Å². The molecule has 0 saturated carbocycles. The Morgan fingerprint density at radius 2 is 2.09 bits per heavy atom. The summed E-state index contributed by atoms with van der Waals surface area (Å²) in [6.45, 7) is 0.766. The highest BCUT2D eigenvalue weighted by Gasteiger charge is 2.27. The number of aliphatic hydroxyl groups excluding tert-OH is 1. The number of carbonyl (C=O) groups is 1. The second-order valence-corrected chi connectivity index (χ2v) is 9.15. The van der Waals surface area contributed by atoms with Gasteiger partial charge in [-0.05, 0) is 73.4 Å². The average Bonchev–Trinajstić information content (AvgIpc) is 2.90. The molecule has 0 aromatic carbocycles. The van der Waals surface area contributed by atoms with E-state index in [-0.39, 0.29) is 18.6 Å². The van der Waals surface area contributed by atoms with Crippen LogP contribution in [-0.4, -0.2) is 58.4 Å². The van der Waals surface area contributed by atoms with Crippen molar-refractivity contribution >= 4 is 5.91 Å². The SMILES string of the molecule is COc1cncc(-c2ccc(Cc3cc(C(=O)N[C@H]4CCOC[C@@H]4O)nc4c3CCCC4)cn2)c1. The second kappa shape index (κ2) is 10.5. The van der Waals surface area contributed by atoms with Gasteiger partial charge in [-0.3, -0.25) is 14.8 Å². The molecule has 1 saturated heterocycles. The lowest BCUT2D eigenvalue weighted by Gasteiger charge is -2.28. The highest BCUT2D eigenvalue weighted by molar-refractivity contribution is 5.93. The van der Waals surface area contributed by atoms with Crippen molar-refractivity contribution in [2.45, 2.75) is 50.7 Å². The van der Waals surface area contributed by atoms with E-state index < -0.39 is 6.10 Å². The summed E-state index contributed by atoms with van der Waals surface area (Å²) in [7, 11) is 1.62. The van der Waals surface area contributed by atoms with Crippen LogP contribution in [0.1, 0.15) is 52.1 Å². The minimum atomic E-state index is -0.700. The number of aryl methyl sites for hydroxylation is 1. The first-order valence-electron chi connectivity index (χ1n) is 12.1. The van der Waals surface area contributed by atoms with E-state index in [9.17, 15) is 9.90 Å². The number of nitrogens with zero attached hydrogens (tertiary/aromatic N) is 3. The number of hydrogen-bond donors (Lipinski definition) is 2. The topological polar surface area (TPSA) is 106 Å². The Morgan fingerprint density at radius 1 is 1.20 bits per heavy atom. The average molecular weight is 475 g/mol. The Bertz CT molecular complexity index is 1200. The fourth-order valence-corrected chi connectivity index (χ4v) is 4.79. The standard InChI is InChI=1S/C27H30N4O4/c1-34-20-11-19(14-28-15-20)22-7-6-17(13-29-22)10-18-12-25(30-23-5-3-2-4-21(18)23)27(33)31-24-8-9-35-16-26(24)32/h6-7,11-15,24,26,32H,2-5,8-10,16H2,1H3,(H,31,33)/t24-,26-/m0/s1. The molecule has 1 aliphatic carbocycles. The van der Waals surface area contributed by atoms with Crippen molar-refractivity contribution in [3.05, 3.63) is 70.9 Å². The molecule has 4 heterocycles. The van der Waals surface area contributed by atoms with Crippen molar-refractivity contribution in [2.24, 2.45) is 0 Å². The molecule has 35 heavy (non-hydrogen) atoms. The van der Waals surface area contributed by atoms with Crippen LogP contribution in [-0.2, 0) is 24.0 Å². The van der Waals surface area contributed by atoms with Gasteiger partial charge in [0.25, 0.3) is 5.91 Å². The Hall–Kier alpha value is -3.36. The first kappa shape index (κ1) is 23.4. The molecule has 2 N–H and O–H groups in total. The van der Waals surface area contributed by atoms with Crippen LogP contribution in [0.2, 0.25) is 0 Å². The highest BCUT2D eigenvalue weighted by Crippen LogP contribution is 2.27. The molecule has 1 aliphatic heterocycles. The molecule has 182 valence electrons. The molecule has 3 aromatic rings. The predicted molar refractivity (Wildman–Crippen MR) is 130 cm³/mol. The number of nitrogens with one attached hydrogen (secondary N) is 1. The zero-order valence-corrected chi connectivity index (χ0v) is 19.9. The molecular weight excluding hydrogens is 444 g/mol. The third-order valence-corrected chi connectivity index (χ3v) is 6.73. The number of rotatable bonds is 6. The molecule has 2 aliphatic rings. The summed E-state index contributed by atoms with van der Waals surface area (Å²) in [5, 5.41) is 13.1. The summed E-state index contributed by atoms with van der Waals surface area (Å²) < 4.78 is 10.5. The normalized spacial score (nSPS) is 19.6. The first-order valence-corrected chi connectivity index (χ1v) is 12.1. The summed E-state index contributed by atoms with van der Waals surface area (Å²) >= 11 is 0. The summed E-state index contributed by atoms with van der Waals surface area (Å²) in [5.74, 6) is 0.445. The fraction of sp³-hybridized carbons (Fsp3) is 0.407. The van der Waals surface area contributed by atoms with E-state index in [1.54, 1.807) is 19.5 Å². The smallest absolute Gasteiger partial charge is 0.270 e. The molecule has 1 amide bonds. The highest BCUT2D eigenvalue weighted by atomic mass is 16.5. The van der Waals surface area contributed by atoms with E-state index in [4.69, 9.17) is 14.5 Å². The van der Waals surface area contributed by atoms with Crippen LogP contribution in [0.15, 0.2) is 42.9 Å². The third-order valence-electron chi connectivity index (χ3n) is 6.73. The number of fused-ring (bicyclic) bond motifs is 1. The summed E-state index contributed by atoms with van der Waals surface area (Å²) in [5.41, 5.74) is 6.57. The van der Waals surface area contributed by atoms with Crippen molar-refractivity contribution in [1.82, 2.24) is 20.3 Å². The molecule has 1 fully saturated rings. The maximum Gasteiger partial charge on any atom is 0.270 e. The van der Waals surface area contributed by atoms with Crippen molar-refractivity contribution in [2.75, 3.05) is 20.3 Å². The van der Waals surface area contributed by atoms with Gasteiger partial charge in [0.2, 0.25) is 0 Å². The number of aromatic nitrogens is 3. The lowest BCUT2D eigenvalue weighted by Crippen LogP contribution is -2.48. The Labute approximate surface area is 204 Å². The van der Waals surface area contributed by atoms with Crippen molar-refractivity contribution in [3.8, 4) is 17.0 Å². The van der Waals surface area contributed by atoms with Gasteiger partial charge >= 0.3 is 0 Å². The van der Waals surface area contributed by atoms with Crippen LogP contribution < -0.4 is 10.1 Å². The molecule has 0 radical (unpaired) electrons. The number of carbonyl (C=O) groups excluding carboxylic acids is 1. The number of hydrogen-bond acceptors (Lipinski definition) is 7. The van der Waals surface area contributed by atoms with Gasteiger partial charge in [-0.1, -0.05) is 6.07 Å². The molecule has 5 rings (SSSR count). The molecule has 0 spiro atoms. The van der Waals surface area contributed by atoms with Gasteiger partial charge in [0.05, 0.1) is 37.8 Å². The molecule has 3 aromatic heterocycles. The minimum absolute atomic E-state index is 0.239. The molecule has 2 atom stereocenters. The third kappa shape index (κ3) is 5.33. The largest absolute Gasteiger partial charge is 0.495 e. The van der Waals surface area contributed by atoms with Crippen LogP contribution in [0.5, 0.6) is 5.75 Å². The molecule has 8 heteroatoms. The van der Waals surface area contributed by atoms with E-state index >= 15 is 0 Å². The van der Waals surface area contributed by atoms with E-state index in [2.05, 4.69) is 21.4 Å². The maximum atomic E-state index is 13.0. The van der Waals surface area contributed by atoms with E-state index in [0.717, 1.165) is 53.8 Å². The minimum Gasteiger partial charge on any atom is -0.495 e. The monoisotopic (exact) mass is 474 g/mol. The van der Waals surface area contributed by atoms with Crippen LogP contribution in [0, 0.1) is 0 Å². The lowest BCUT2D eigenvalue weighted by atomic mass is 9.89. The van der Waals surface area contributed by atoms with E-state index in [0.29, 0.717) is 30.9 Å². The van der Waals surface area contributed by atoms with E-state index in [1.165, 1.54) is 5.56 Å². The van der Waals surface area contributed by atoms with Crippen LogP contribution in [0.25, 0.3) is 11.3 Å².